The van der Waals surface area contributed by atoms with Crippen LogP contribution in [0.3, 0.4) is 0 Å². The minimum atomic E-state index is -0.133. The number of fused-ring (bicyclic) bond motifs is 1. The topological polar surface area (TPSA) is 41.1 Å². The van der Waals surface area contributed by atoms with Gasteiger partial charge in [0.25, 0.3) is 0 Å². The fourth-order valence-corrected chi connectivity index (χ4v) is 3.28. The Balaban J connectivity index is 1.70. The predicted molar refractivity (Wildman–Crippen MR) is 90.2 cm³/mol. The summed E-state index contributed by atoms with van der Waals surface area (Å²) in [5.41, 5.74) is 5.76. The van der Waals surface area contributed by atoms with Gasteiger partial charge in [0.1, 0.15) is 0 Å². The highest BCUT2D eigenvalue weighted by Gasteiger charge is 2.21. The normalized spacial score (nSPS) is 16.7. The van der Waals surface area contributed by atoms with Crippen molar-refractivity contribution in [2.75, 3.05) is 5.32 Å². The van der Waals surface area contributed by atoms with E-state index >= 15 is 0 Å². The number of anilines is 1. The summed E-state index contributed by atoms with van der Waals surface area (Å²) in [6.07, 6.45) is 3.22. The molecule has 0 radical (unpaired) electrons. The highest BCUT2D eigenvalue weighted by Crippen LogP contribution is 2.29. The van der Waals surface area contributed by atoms with E-state index in [1.165, 1.54) is 11.1 Å². The fraction of sp³-hybridized carbons (Fsp3) is 0.316. The van der Waals surface area contributed by atoms with E-state index in [1.54, 1.807) is 0 Å². The van der Waals surface area contributed by atoms with Gasteiger partial charge in [-0.05, 0) is 67.5 Å². The van der Waals surface area contributed by atoms with Crippen molar-refractivity contribution in [1.82, 2.24) is 5.32 Å². The zero-order valence-electron chi connectivity index (χ0n) is 13.1. The lowest BCUT2D eigenvalue weighted by atomic mass is 9.88. The average molecular weight is 294 g/mol. The lowest BCUT2D eigenvalue weighted by Gasteiger charge is -2.26. The van der Waals surface area contributed by atoms with E-state index in [0.29, 0.717) is 0 Å². The fourth-order valence-electron chi connectivity index (χ4n) is 3.28. The summed E-state index contributed by atoms with van der Waals surface area (Å²) >= 11 is 0. The van der Waals surface area contributed by atoms with Gasteiger partial charge in [-0.3, -0.25) is 0 Å². The Morgan fingerprint density at radius 1 is 1.09 bits per heavy atom. The van der Waals surface area contributed by atoms with Gasteiger partial charge in [0, 0.05) is 5.69 Å². The van der Waals surface area contributed by atoms with Gasteiger partial charge in [0.2, 0.25) is 0 Å². The van der Waals surface area contributed by atoms with Gasteiger partial charge in [0.15, 0.2) is 0 Å². The maximum absolute atomic E-state index is 12.3. The standard InChI is InChI=1S/C19H22N2O/c1-13-10-14(2)12-16(11-13)20-19(22)21-18-9-5-7-15-6-3-4-8-17(15)18/h3-4,6,8,10-12,18H,5,7,9H2,1-2H3,(H2,20,21,22). The maximum atomic E-state index is 12.3. The highest BCUT2D eigenvalue weighted by atomic mass is 16.2. The first-order valence-corrected chi connectivity index (χ1v) is 7.85. The molecule has 2 N–H and O–H groups in total. The van der Waals surface area contributed by atoms with E-state index in [2.05, 4.69) is 34.9 Å². The number of aryl methyl sites for hydroxylation is 3. The maximum Gasteiger partial charge on any atom is 0.319 e. The minimum absolute atomic E-state index is 0.107. The zero-order valence-corrected chi connectivity index (χ0v) is 13.1. The van der Waals surface area contributed by atoms with Gasteiger partial charge in [-0.25, -0.2) is 4.79 Å². The summed E-state index contributed by atoms with van der Waals surface area (Å²) in [4.78, 5) is 12.3. The summed E-state index contributed by atoms with van der Waals surface area (Å²) in [5, 5.41) is 6.06. The molecule has 2 aromatic rings. The largest absolute Gasteiger partial charge is 0.331 e. The molecule has 1 aliphatic carbocycles. The van der Waals surface area contributed by atoms with Crippen molar-refractivity contribution < 1.29 is 4.79 Å². The molecule has 0 saturated carbocycles. The molecular weight excluding hydrogens is 272 g/mol. The summed E-state index contributed by atoms with van der Waals surface area (Å²) < 4.78 is 0. The van der Waals surface area contributed by atoms with E-state index in [4.69, 9.17) is 0 Å². The van der Waals surface area contributed by atoms with E-state index in [0.717, 1.165) is 36.1 Å². The molecule has 0 aromatic heterocycles. The van der Waals surface area contributed by atoms with Gasteiger partial charge in [0.05, 0.1) is 6.04 Å². The second-order valence-electron chi connectivity index (χ2n) is 6.12. The molecule has 0 aliphatic heterocycles. The Labute approximate surface area is 131 Å². The second kappa shape index (κ2) is 6.22. The molecule has 3 rings (SSSR count). The number of amides is 2. The molecule has 0 heterocycles. The van der Waals surface area contributed by atoms with Gasteiger partial charge in [-0.1, -0.05) is 30.3 Å². The molecule has 1 atom stereocenters. The predicted octanol–water partition coefficient (Wildman–Crippen LogP) is 4.50. The molecule has 0 saturated heterocycles. The number of urea groups is 1. The van der Waals surface area contributed by atoms with Gasteiger partial charge in [-0.2, -0.15) is 0 Å². The SMILES string of the molecule is Cc1cc(C)cc(NC(=O)NC2CCCc3ccccc32)c1. The van der Waals surface area contributed by atoms with Crippen LogP contribution in [0.15, 0.2) is 42.5 Å². The first kappa shape index (κ1) is 14.6. The van der Waals surface area contributed by atoms with Crippen LogP contribution in [0, 0.1) is 13.8 Å². The molecule has 22 heavy (non-hydrogen) atoms. The third kappa shape index (κ3) is 3.30. The van der Waals surface area contributed by atoms with Crippen molar-refractivity contribution in [3.05, 3.63) is 64.7 Å². The molecule has 0 bridgehead atoms. The summed E-state index contributed by atoms with van der Waals surface area (Å²) in [6, 6.07) is 14.4. The van der Waals surface area contributed by atoms with Crippen molar-refractivity contribution in [3.63, 3.8) is 0 Å². The highest BCUT2D eigenvalue weighted by molar-refractivity contribution is 5.89. The molecule has 1 aliphatic rings. The summed E-state index contributed by atoms with van der Waals surface area (Å²) in [7, 11) is 0. The lowest BCUT2D eigenvalue weighted by Crippen LogP contribution is -2.34. The molecular formula is C19H22N2O. The summed E-state index contributed by atoms with van der Waals surface area (Å²) in [5.74, 6) is 0. The molecule has 0 spiro atoms. The Kier molecular flexibility index (Phi) is 4.14. The number of nitrogens with one attached hydrogen (secondary N) is 2. The molecule has 1 unspecified atom stereocenters. The zero-order chi connectivity index (χ0) is 15.5. The van der Waals surface area contributed by atoms with Crippen LogP contribution >= 0.6 is 0 Å². The minimum Gasteiger partial charge on any atom is -0.331 e. The monoisotopic (exact) mass is 294 g/mol. The van der Waals surface area contributed by atoms with E-state index in [-0.39, 0.29) is 12.1 Å². The average Bonchev–Trinajstić information content (AvgIpc) is 2.46. The molecule has 114 valence electrons. The van der Waals surface area contributed by atoms with Crippen LogP contribution in [-0.2, 0) is 6.42 Å². The number of benzene rings is 2. The molecule has 2 amide bonds. The molecule has 3 nitrogen and oxygen atoms in total. The Bertz CT molecular complexity index is 673. The Morgan fingerprint density at radius 3 is 2.59 bits per heavy atom. The first-order chi connectivity index (χ1) is 10.6. The number of carbonyl (C=O) groups is 1. The van der Waals surface area contributed by atoms with E-state index in [1.807, 2.05) is 32.0 Å². The molecule has 3 heteroatoms. The quantitative estimate of drug-likeness (QED) is 0.841. The van der Waals surface area contributed by atoms with Crippen LogP contribution in [0.25, 0.3) is 0 Å². The summed E-state index contributed by atoms with van der Waals surface area (Å²) in [6.45, 7) is 4.07. The van der Waals surface area contributed by atoms with Gasteiger partial charge < -0.3 is 10.6 Å². The van der Waals surface area contributed by atoms with Crippen molar-refractivity contribution >= 4 is 11.7 Å². The first-order valence-electron chi connectivity index (χ1n) is 7.85. The van der Waals surface area contributed by atoms with Crippen molar-refractivity contribution in [2.24, 2.45) is 0 Å². The van der Waals surface area contributed by atoms with Crippen molar-refractivity contribution in [1.29, 1.82) is 0 Å². The van der Waals surface area contributed by atoms with Crippen LogP contribution in [0.1, 0.15) is 41.1 Å². The van der Waals surface area contributed by atoms with Gasteiger partial charge >= 0.3 is 6.03 Å². The number of hydrogen-bond acceptors (Lipinski definition) is 1. The van der Waals surface area contributed by atoms with E-state index < -0.39 is 0 Å². The smallest absolute Gasteiger partial charge is 0.319 e. The van der Waals surface area contributed by atoms with Crippen LogP contribution in [0.2, 0.25) is 0 Å². The van der Waals surface area contributed by atoms with Crippen LogP contribution < -0.4 is 10.6 Å². The molecule has 2 aromatic carbocycles. The van der Waals surface area contributed by atoms with Crippen LogP contribution in [0.4, 0.5) is 10.5 Å². The van der Waals surface area contributed by atoms with Crippen LogP contribution in [0.5, 0.6) is 0 Å². The number of rotatable bonds is 2. The third-order valence-electron chi connectivity index (χ3n) is 4.15. The Morgan fingerprint density at radius 2 is 1.82 bits per heavy atom. The van der Waals surface area contributed by atoms with E-state index in [9.17, 15) is 4.79 Å². The number of carbonyl (C=O) groups excluding carboxylic acids is 1. The molecule has 0 fully saturated rings. The van der Waals surface area contributed by atoms with Gasteiger partial charge in [-0.15, -0.1) is 0 Å². The Hall–Kier alpha value is -2.29. The van der Waals surface area contributed by atoms with Crippen LogP contribution in [-0.4, -0.2) is 6.03 Å². The van der Waals surface area contributed by atoms with Crippen molar-refractivity contribution in [3.8, 4) is 0 Å². The lowest BCUT2D eigenvalue weighted by molar-refractivity contribution is 0.247. The third-order valence-corrected chi connectivity index (χ3v) is 4.15. The van der Waals surface area contributed by atoms with Crippen molar-refractivity contribution in [2.45, 2.75) is 39.2 Å². The second-order valence-corrected chi connectivity index (χ2v) is 6.12. The number of hydrogen-bond donors (Lipinski definition) is 2.